The summed E-state index contributed by atoms with van der Waals surface area (Å²) >= 11 is 4.99. The third-order valence-corrected chi connectivity index (χ3v) is 7.26. The van der Waals surface area contributed by atoms with Gasteiger partial charge in [-0.25, -0.2) is 4.98 Å². The zero-order valence-corrected chi connectivity index (χ0v) is 19.3. The Kier molecular flexibility index (Phi) is 5.09. The predicted molar refractivity (Wildman–Crippen MR) is 121 cm³/mol. The van der Waals surface area contributed by atoms with Crippen LogP contribution in [0, 0.1) is 0 Å². The number of hydrogen-bond acceptors (Lipinski definition) is 6. The van der Waals surface area contributed by atoms with E-state index in [1.807, 2.05) is 54.2 Å². The van der Waals surface area contributed by atoms with Crippen molar-refractivity contribution in [3.63, 3.8) is 0 Å². The van der Waals surface area contributed by atoms with Crippen molar-refractivity contribution in [2.24, 2.45) is 0 Å². The van der Waals surface area contributed by atoms with Crippen molar-refractivity contribution in [2.75, 3.05) is 45.3 Å². The monoisotopic (exact) mass is 490 g/mol. The highest BCUT2D eigenvalue weighted by Crippen LogP contribution is 2.35. The average Bonchev–Trinajstić information content (AvgIpc) is 3.44. The van der Waals surface area contributed by atoms with Gasteiger partial charge in [0, 0.05) is 50.2 Å². The topological polar surface area (TPSA) is 59.8 Å². The van der Waals surface area contributed by atoms with Crippen LogP contribution in [0.1, 0.15) is 22.5 Å². The van der Waals surface area contributed by atoms with Gasteiger partial charge < -0.3 is 19.3 Å². The standard InChI is InChI=1S/C21H23BrN4O3S/c1-24(2)20-23-16-13-17(30-19(16)26(20)15-5-3-14(22)4-6-15)18(27)25-9-7-21(8-10-25)28-11-12-29-21/h3-6,13H,7-12H2,1-2H3. The Labute approximate surface area is 187 Å². The number of anilines is 1. The summed E-state index contributed by atoms with van der Waals surface area (Å²) in [7, 11) is 3.95. The fourth-order valence-electron chi connectivity index (χ4n) is 4.08. The van der Waals surface area contributed by atoms with Gasteiger partial charge in [0.2, 0.25) is 5.95 Å². The molecule has 0 aliphatic carbocycles. The summed E-state index contributed by atoms with van der Waals surface area (Å²) in [6, 6.07) is 10.0. The first-order valence-electron chi connectivity index (χ1n) is 9.98. The maximum absolute atomic E-state index is 13.2. The fraction of sp³-hybridized carbons (Fsp3) is 0.429. The van der Waals surface area contributed by atoms with Gasteiger partial charge in [-0.2, -0.15) is 0 Å². The quantitative estimate of drug-likeness (QED) is 0.557. The lowest BCUT2D eigenvalue weighted by Gasteiger charge is -2.37. The Morgan fingerprint density at radius 3 is 2.47 bits per heavy atom. The van der Waals surface area contributed by atoms with E-state index in [4.69, 9.17) is 14.5 Å². The first-order valence-corrected chi connectivity index (χ1v) is 11.6. The number of ether oxygens (including phenoxy) is 2. The Bertz CT molecular complexity index is 1080. The van der Waals surface area contributed by atoms with Crippen LogP contribution in [-0.2, 0) is 9.47 Å². The molecular formula is C21H23BrN4O3S. The second kappa shape index (κ2) is 7.64. The molecule has 158 valence electrons. The van der Waals surface area contributed by atoms with E-state index in [0.29, 0.717) is 31.2 Å². The SMILES string of the molecule is CN(C)c1nc2cc(C(=O)N3CCC4(CC3)OCCO4)sc2n1-c1ccc(Br)cc1. The molecule has 2 saturated heterocycles. The summed E-state index contributed by atoms with van der Waals surface area (Å²) in [6.45, 7) is 2.57. The molecule has 0 atom stereocenters. The van der Waals surface area contributed by atoms with Gasteiger partial charge in [-0.15, -0.1) is 11.3 Å². The molecule has 30 heavy (non-hydrogen) atoms. The molecule has 0 radical (unpaired) electrons. The minimum absolute atomic E-state index is 0.0552. The molecule has 0 N–H and O–H groups in total. The van der Waals surface area contributed by atoms with Crippen LogP contribution in [-0.4, -0.2) is 66.5 Å². The number of amides is 1. The van der Waals surface area contributed by atoms with Crippen LogP contribution in [0.2, 0.25) is 0 Å². The molecule has 0 bridgehead atoms. The molecule has 2 aliphatic heterocycles. The molecule has 3 aromatic rings. The number of carbonyl (C=O) groups is 1. The predicted octanol–water partition coefficient (Wildman–Crippen LogP) is 3.89. The maximum Gasteiger partial charge on any atom is 0.264 e. The Balaban J connectivity index is 1.45. The number of carbonyl (C=O) groups excluding carboxylic acids is 1. The summed E-state index contributed by atoms with van der Waals surface area (Å²) in [5.41, 5.74) is 1.85. The van der Waals surface area contributed by atoms with Crippen molar-refractivity contribution in [3.05, 3.63) is 39.7 Å². The number of imidazole rings is 1. The number of likely N-dealkylation sites (tertiary alicyclic amines) is 1. The molecule has 4 heterocycles. The van der Waals surface area contributed by atoms with Crippen LogP contribution in [0.4, 0.5) is 5.95 Å². The summed E-state index contributed by atoms with van der Waals surface area (Å²) in [5, 5.41) is 0. The number of thiophene rings is 1. The van der Waals surface area contributed by atoms with Crippen LogP contribution in [0.25, 0.3) is 16.0 Å². The maximum atomic E-state index is 13.2. The number of rotatable bonds is 3. The van der Waals surface area contributed by atoms with Crippen molar-refractivity contribution in [1.29, 1.82) is 0 Å². The molecule has 1 aromatic carbocycles. The van der Waals surface area contributed by atoms with Crippen molar-refractivity contribution in [1.82, 2.24) is 14.5 Å². The van der Waals surface area contributed by atoms with E-state index in [2.05, 4.69) is 20.5 Å². The minimum atomic E-state index is -0.475. The first kappa shape index (κ1) is 20.0. The summed E-state index contributed by atoms with van der Waals surface area (Å²) in [6.07, 6.45) is 1.44. The van der Waals surface area contributed by atoms with Crippen molar-refractivity contribution >= 4 is 49.5 Å². The van der Waals surface area contributed by atoms with Crippen molar-refractivity contribution in [3.8, 4) is 5.69 Å². The van der Waals surface area contributed by atoms with Crippen LogP contribution in [0.3, 0.4) is 0 Å². The molecular weight excluding hydrogens is 468 g/mol. The third kappa shape index (κ3) is 3.43. The molecule has 5 rings (SSSR count). The van der Waals surface area contributed by atoms with Gasteiger partial charge in [-0.3, -0.25) is 9.36 Å². The number of halogens is 1. The number of nitrogens with zero attached hydrogens (tertiary/aromatic N) is 4. The van der Waals surface area contributed by atoms with Gasteiger partial charge in [0.25, 0.3) is 5.91 Å². The highest BCUT2D eigenvalue weighted by Gasteiger charge is 2.41. The molecule has 9 heteroatoms. The normalized spacial score (nSPS) is 18.4. The molecule has 0 saturated carbocycles. The van der Waals surface area contributed by atoms with Crippen LogP contribution in [0.15, 0.2) is 34.8 Å². The molecule has 7 nitrogen and oxygen atoms in total. The van der Waals surface area contributed by atoms with Gasteiger partial charge in [0.05, 0.1) is 18.1 Å². The van der Waals surface area contributed by atoms with Gasteiger partial charge in [0.15, 0.2) is 5.79 Å². The third-order valence-electron chi connectivity index (χ3n) is 5.64. The first-order chi connectivity index (χ1) is 14.5. The van der Waals surface area contributed by atoms with E-state index in [-0.39, 0.29) is 5.91 Å². The number of fused-ring (bicyclic) bond motifs is 1. The largest absolute Gasteiger partial charge is 0.348 e. The summed E-state index contributed by atoms with van der Waals surface area (Å²) in [5.74, 6) is 0.421. The number of aromatic nitrogens is 2. The zero-order valence-electron chi connectivity index (χ0n) is 16.9. The van der Waals surface area contributed by atoms with Gasteiger partial charge >= 0.3 is 0 Å². The van der Waals surface area contributed by atoms with E-state index in [0.717, 1.165) is 39.3 Å². The van der Waals surface area contributed by atoms with E-state index in [9.17, 15) is 4.79 Å². The lowest BCUT2D eigenvalue weighted by Crippen LogP contribution is -2.47. The van der Waals surface area contributed by atoms with E-state index >= 15 is 0 Å². The van der Waals surface area contributed by atoms with Gasteiger partial charge in [0.1, 0.15) is 10.3 Å². The van der Waals surface area contributed by atoms with Crippen molar-refractivity contribution in [2.45, 2.75) is 18.6 Å². The molecule has 0 unspecified atom stereocenters. The lowest BCUT2D eigenvalue weighted by molar-refractivity contribution is -0.181. The summed E-state index contributed by atoms with van der Waals surface area (Å²) < 4.78 is 14.7. The van der Waals surface area contributed by atoms with Crippen LogP contribution < -0.4 is 4.90 Å². The number of hydrogen-bond donors (Lipinski definition) is 0. The van der Waals surface area contributed by atoms with Crippen molar-refractivity contribution < 1.29 is 14.3 Å². The molecule has 2 aliphatic rings. The molecule has 2 aromatic heterocycles. The minimum Gasteiger partial charge on any atom is -0.348 e. The zero-order chi connectivity index (χ0) is 20.9. The lowest BCUT2D eigenvalue weighted by atomic mass is 10.0. The second-order valence-corrected chi connectivity index (χ2v) is 9.77. The molecule has 1 spiro atoms. The van der Waals surface area contributed by atoms with E-state index in [1.165, 1.54) is 11.3 Å². The second-order valence-electron chi connectivity index (χ2n) is 7.82. The highest BCUT2D eigenvalue weighted by atomic mass is 79.9. The van der Waals surface area contributed by atoms with E-state index < -0.39 is 5.79 Å². The van der Waals surface area contributed by atoms with Crippen LogP contribution in [0.5, 0.6) is 0 Å². The smallest absolute Gasteiger partial charge is 0.264 e. The number of benzene rings is 1. The Morgan fingerprint density at radius 1 is 1.17 bits per heavy atom. The fourth-order valence-corrected chi connectivity index (χ4v) is 5.43. The Morgan fingerprint density at radius 2 is 1.83 bits per heavy atom. The van der Waals surface area contributed by atoms with Gasteiger partial charge in [-0.1, -0.05) is 15.9 Å². The summed E-state index contributed by atoms with van der Waals surface area (Å²) in [4.78, 5) is 23.6. The van der Waals surface area contributed by atoms with Gasteiger partial charge in [-0.05, 0) is 30.3 Å². The number of piperidine rings is 1. The average molecular weight is 491 g/mol. The van der Waals surface area contributed by atoms with E-state index in [1.54, 1.807) is 0 Å². The molecule has 2 fully saturated rings. The molecule has 1 amide bonds. The Hall–Kier alpha value is -1.94. The van der Waals surface area contributed by atoms with Crippen LogP contribution >= 0.6 is 27.3 Å². The highest BCUT2D eigenvalue weighted by molar-refractivity contribution is 9.10.